The Morgan fingerprint density at radius 3 is 2.76 bits per heavy atom. The van der Waals surface area contributed by atoms with Crippen LogP contribution in [0, 0.1) is 6.92 Å². The summed E-state index contributed by atoms with van der Waals surface area (Å²) in [5, 5.41) is 17.8. The van der Waals surface area contributed by atoms with Crippen molar-refractivity contribution in [2.24, 2.45) is 0 Å². The van der Waals surface area contributed by atoms with E-state index in [0.29, 0.717) is 5.02 Å². The minimum Gasteiger partial charge on any atom is -0.477 e. The monoisotopic (exact) mass is 305 g/mol. The van der Waals surface area contributed by atoms with Gasteiger partial charge in [0.05, 0.1) is 0 Å². The van der Waals surface area contributed by atoms with E-state index in [4.69, 9.17) is 16.7 Å². The molecular weight excluding hydrogens is 294 g/mol. The number of halogens is 1. The number of aromatic amines is 1. The standard InChI is InChI=1S/C14H12ClN3O3/c1-8-2-3-9(6-10(8)15)4-5-13(19)16-12-7-11(14(20)21)17-18-12/h2-7H,1H3,(H,20,21)(H2,16,17,18,19). The molecular formula is C14H12ClN3O3. The molecule has 0 aliphatic carbocycles. The highest BCUT2D eigenvalue weighted by Gasteiger charge is 2.08. The fraction of sp³-hybridized carbons (Fsp3) is 0.0714. The molecule has 7 heteroatoms. The molecule has 1 aromatic carbocycles. The molecule has 3 N–H and O–H groups in total. The Morgan fingerprint density at radius 2 is 2.14 bits per heavy atom. The largest absolute Gasteiger partial charge is 0.477 e. The first-order valence-corrected chi connectivity index (χ1v) is 6.37. The number of nitrogens with zero attached hydrogens (tertiary/aromatic N) is 1. The molecule has 0 radical (unpaired) electrons. The predicted molar refractivity (Wildman–Crippen MR) is 79.4 cm³/mol. The summed E-state index contributed by atoms with van der Waals surface area (Å²) in [6, 6.07) is 6.67. The number of anilines is 1. The fourth-order valence-corrected chi connectivity index (χ4v) is 1.74. The number of H-pyrrole nitrogens is 1. The fourth-order valence-electron chi connectivity index (χ4n) is 1.55. The zero-order valence-corrected chi connectivity index (χ0v) is 11.8. The third kappa shape index (κ3) is 3.93. The Balaban J connectivity index is 2.01. The van der Waals surface area contributed by atoms with Gasteiger partial charge in [-0.05, 0) is 30.2 Å². The first kappa shape index (κ1) is 14.8. The molecule has 1 aromatic heterocycles. The highest BCUT2D eigenvalue weighted by atomic mass is 35.5. The normalized spacial score (nSPS) is 10.8. The number of hydrogen-bond acceptors (Lipinski definition) is 3. The van der Waals surface area contributed by atoms with Crippen LogP contribution in [0.3, 0.4) is 0 Å². The Kier molecular flexibility index (Phi) is 4.39. The predicted octanol–water partition coefficient (Wildman–Crippen LogP) is 2.72. The van der Waals surface area contributed by atoms with Crippen LogP contribution >= 0.6 is 11.6 Å². The molecule has 108 valence electrons. The molecule has 0 aliphatic rings. The van der Waals surface area contributed by atoms with E-state index < -0.39 is 11.9 Å². The summed E-state index contributed by atoms with van der Waals surface area (Å²) in [4.78, 5) is 22.3. The van der Waals surface area contributed by atoms with Crippen molar-refractivity contribution in [1.29, 1.82) is 0 Å². The van der Waals surface area contributed by atoms with Crippen molar-refractivity contribution in [1.82, 2.24) is 10.2 Å². The highest BCUT2D eigenvalue weighted by Crippen LogP contribution is 2.17. The first-order chi connectivity index (χ1) is 9.95. The van der Waals surface area contributed by atoms with Crippen molar-refractivity contribution in [3.05, 3.63) is 52.2 Å². The lowest BCUT2D eigenvalue weighted by atomic mass is 10.1. The van der Waals surface area contributed by atoms with Crippen molar-refractivity contribution >= 4 is 35.4 Å². The Hall–Kier alpha value is -2.60. The second-order valence-electron chi connectivity index (χ2n) is 4.30. The van der Waals surface area contributed by atoms with Crippen molar-refractivity contribution in [3.8, 4) is 0 Å². The van der Waals surface area contributed by atoms with Gasteiger partial charge in [-0.15, -0.1) is 0 Å². The van der Waals surface area contributed by atoms with Gasteiger partial charge in [0.15, 0.2) is 5.82 Å². The summed E-state index contributed by atoms with van der Waals surface area (Å²) >= 11 is 5.99. The van der Waals surface area contributed by atoms with Crippen LogP contribution in [-0.4, -0.2) is 27.2 Å². The first-order valence-electron chi connectivity index (χ1n) is 5.99. The van der Waals surface area contributed by atoms with Gasteiger partial charge in [-0.1, -0.05) is 23.7 Å². The zero-order chi connectivity index (χ0) is 15.4. The molecule has 0 saturated heterocycles. The van der Waals surface area contributed by atoms with Crippen LogP contribution < -0.4 is 5.32 Å². The number of benzene rings is 1. The molecule has 1 amide bonds. The molecule has 1 heterocycles. The number of carbonyl (C=O) groups is 2. The van der Waals surface area contributed by atoms with E-state index in [2.05, 4.69) is 15.5 Å². The number of carboxylic acids is 1. The summed E-state index contributed by atoms with van der Waals surface area (Å²) in [6.45, 7) is 1.89. The Labute approximate surface area is 125 Å². The lowest BCUT2D eigenvalue weighted by Crippen LogP contribution is -2.07. The van der Waals surface area contributed by atoms with Gasteiger partial charge in [-0.2, -0.15) is 5.10 Å². The number of hydrogen-bond donors (Lipinski definition) is 3. The van der Waals surface area contributed by atoms with Gasteiger partial charge in [0.2, 0.25) is 5.91 Å². The average molecular weight is 306 g/mol. The maximum Gasteiger partial charge on any atom is 0.353 e. The molecule has 0 bridgehead atoms. The van der Waals surface area contributed by atoms with Crippen molar-refractivity contribution in [3.63, 3.8) is 0 Å². The maximum absolute atomic E-state index is 11.7. The van der Waals surface area contributed by atoms with Gasteiger partial charge in [-0.3, -0.25) is 9.89 Å². The number of aromatic nitrogens is 2. The summed E-state index contributed by atoms with van der Waals surface area (Å²) in [5.74, 6) is -1.42. The lowest BCUT2D eigenvalue weighted by molar-refractivity contribution is -0.111. The molecule has 0 saturated carbocycles. The van der Waals surface area contributed by atoms with Crippen molar-refractivity contribution < 1.29 is 14.7 Å². The van der Waals surface area contributed by atoms with E-state index in [1.165, 1.54) is 12.1 Å². The molecule has 6 nitrogen and oxygen atoms in total. The number of aromatic carboxylic acids is 1. The van der Waals surface area contributed by atoms with Crippen molar-refractivity contribution in [2.75, 3.05) is 5.32 Å². The van der Waals surface area contributed by atoms with E-state index in [-0.39, 0.29) is 11.5 Å². The lowest BCUT2D eigenvalue weighted by Gasteiger charge is -1.99. The minimum absolute atomic E-state index is 0.0976. The summed E-state index contributed by atoms with van der Waals surface area (Å²) in [7, 11) is 0. The molecule has 0 aliphatic heterocycles. The molecule has 0 fully saturated rings. The van der Waals surface area contributed by atoms with E-state index in [1.807, 2.05) is 19.1 Å². The van der Waals surface area contributed by atoms with E-state index in [9.17, 15) is 9.59 Å². The van der Waals surface area contributed by atoms with E-state index in [1.54, 1.807) is 12.1 Å². The van der Waals surface area contributed by atoms with Crippen LogP contribution in [0.1, 0.15) is 21.6 Å². The van der Waals surface area contributed by atoms with Gasteiger partial charge in [0.1, 0.15) is 5.69 Å². The number of carbonyl (C=O) groups excluding carboxylic acids is 1. The third-order valence-electron chi connectivity index (χ3n) is 2.68. The number of nitrogens with one attached hydrogen (secondary N) is 2. The van der Waals surface area contributed by atoms with Crippen LogP contribution in [0.2, 0.25) is 5.02 Å². The molecule has 0 spiro atoms. The molecule has 0 atom stereocenters. The maximum atomic E-state index is 11.7. The topological polar surface area (TPSA) is 95.1 Å². The minimum atomic E-state index is -1.15. The summed E-state index contributed by atoms with van der Waals surface area (Å²) in [6.07, 6.45) is 2.92. The molecule has 2 rings (SSSR count). The van der Waals surface area contributed by atoms with Crippen LogP contribution in [-0.2, 0) is 4.79 Å². The Bertz CT molecular complexity index is 722. The molecule has 0 unspecified atom stereocenters. The number of carboxylic acid groups (broad SMARTS) is 1. The SMILES string of the molecule is Cc1ccc(C=CC(=O)Nc2cc(C(=O)O)[nH]n2)cc1Cl. The van der Waals surface area contributed by atoms with Gasteiger partial charge in [0.25, 0.3) is 0 Å². The number of aryl methyl sites for hydroxylation is 1. The van der Waals surface area contributed by atoms with Crippen molar-refractivity contribution in [2.45, 2.75) is 6.92 Å². The van der Waals surface area contributed by atoms with Gasteiger partial charge in [-0.25, -0.2) is 4.79 Å². The average Bonchev–Trinajstić information content (AvgIpc) is 2.89. The molecule has 2 aromatic rings. The van der Waals surface area contributed by atoms with Gasteiger partial charge < -0.3 is 10.4 Å². The van der Waals surface area contributed by atoms with E-state index in [0.717, 1.165) is 11.1 Å². The third-order valence-corrected chi connectivity index (χ3v) is 3.09. The van der Waals surface area contributed by atoms with E-state index >= 15 is 0 Å². The quantitative estimate of drug-likeness (QED) is 0.757. The number of rotatable bonds is 4. The number of amides is 1. The second-order valence-corrected chi connectivity index (χ2v) is 4.71. The second kappa shape index (κ2) is 6.23. The summed E-state index contributed by atoms with van der Waals surface area (Å²) < 4.78 is 0. The van der Waals surface area contributed by atoms with Gasteiger partial charge >= 0.3 is 5.97 Å². The van der Waals surface area contributed by atoms with Crippen LogP contribution in [0.25, 0.3) is 6.08 Å². The van der Waals surface area contributed by atoms with Crippen LogP contribution in [0.15, 0.2) is 30.3 Å². The highest BCUT2D eigenvalue weighted by molar-refractivity contribution is 6.31. The Morgan fingerprint density at radius 1 is 1.38 bits per heavy atom. The summed E-state index contributed by atoms with van der Waals surface area (Å²) in [5.41, 5.74) is 1.64. The van der Waals surface area contributed by atoms with Crippen LogP contribution in [0.5, 0.6) is 0 Å². The van der Waals surface area contributed by atoms with Crippen LogP contribution in [0.4, 0.5) is 5.82 Å². The zero-order valence-electron chi connectivity index (χ0n) is 11.1. The smallest absolute Gasteiger partial charge is 0.353 e. The van der Waals surface area contributed by atoms with Gasteiger partial charge in [0, 0.05) is 17.2 Å². The molecule has 21 heavy (non-hydrogen) atoms.